The van der Waals surface area contributed by atoms with Crippen LogP contribution < -0.4 is 5.73 Å². The van der Waals surface area contributed by atoms with E-state index in [4.69, 9.17) is 17.3 Å². The van der Waals surface area contributed by atoms with Gasteiger partial charge in [0.05, 0.1) is 13.5 Å². The quantitative estimate of drug-likeness (QED) is 0.834. The average Bonchev–Trinajstić information content (AvgIpc) is 2.22. The van der Waals surface area contributed by atoms with Gasteiger partial charge in [-0.2, -0.15) is 0 Å². The fourth-order valence-electron chi connectivity index (χ4n) is 1.24. The van der Waals surface area contributed by atoms with Crippen LogP contribution in [-0.2, 0) is 9.53 Å². The van der Waals surface area contributed by atoms with Crippen molar-refractivity contribution in [2.75, 3.05) is 7.11 Å². The number of esters is 1. The molecule has 3 N–H and O–H groups in total. The van der Waals surface area contributed by atoms with Crippen molar-refractivity contribution in [1.82, 2.24) is 0 Å². The van der Waals surface area contributed by atoms with Crippen LogP contribution in [0.2, 0.25) is 5.02 Å². The lowest BCUT2D eigenvalue weighted by atomic mass is 10.0. The van der Waals surface area contributed by atoms with Crippen LogP contribution >= 0.6 is 24.0 Å². The standard InChI is InChI=1S/C10H11ClFNO3.ClH/c1-16-9(14)4-8(13)6-2-5(11)3-7(12)10(6)15;/h2-3,8,15H,4,13H2,1H3;1H/t8-;/m1./s1. The molecule has 1 aromatic carbocycles. The maximum Gasteiger partial charge on any atom is 0.307 e. The second kappa shape index (κ2) is 6.64. The molecule has 1 atom stereocenters. The number of hydrogen-bond donors (Lipinski definition) is 2. The van der Waals surface area contributed by atoms with Crippen molar-refractivity contribution >= 4 is 30.0 Å². The van der Waals surface area contributed by atoms with Gasteiger partial charge in [-0.25, -0.2) is 4.39 Å². The van der Waals surface area contributed by atoms with Gasteiger partial charge < -0.3 is 15.6 Å². The predicted octanol–water partition coefficient (Wildman–Crippen LogP) is 2.17. The van der Waals surface area contributed by atoms with Crippen molar-refractivity contribution in [3.63, 3.8) is 0 Å². The molecule has 0 fully saturated rings. The summed E-state index contributed by atoms with van der Waals surface area (Å²) in [4.78, 5) is 11.0. The zero-order chi connectivity index (χ0) is 12.3. The Morgan fingerprint density at radius 3 is 2.76 bits per heavy atom. The molecule has 1 aromatic rings. The molecule has 96 valence electrons. The van der Waals surface area contributed by atoms with Gasteiger partial charge in [-0.1, -0.05) is 11.6 Å². The Bertz CT molecular complexity index is 415. The van der Waals surface area contributed by atoms with E-state index in [0.717, 1.165) is 6.07 Å². The highest BCUT2D eigenvalue weighted by atomic mass is 35.5. The molecule has 0 spiro atoms. The number of benzene rings is 1. The fraction of sp³-hybridized carbons (Fsp3) is 0.300. The molecule has 4 nitrogen and oxygen atoms in total. The Balaban J connectivity index is 0.00000256. The molecule has 0 saturated carbocycles. The molecule has 0 aromatic heterocycles. The van der Waals surface area contributed by atoms with Crippen LogP contribution in [0.3, 0.4) is 0 Å². The lowest BCUT2D eigenvalue weighted by Crippen LogP contribution is -2.16. The van der Waals surface area contributed by atoms with Gasteiger partial charge in [0, 0.05) is 16.6 Å². The summed E-state index contributed by atoms with van der Waals surface area (Å²) in [7, 11) is 1.22. The second-order valence-electron chi connectivity index (χ2n) is 3.21. The van der Waals surface area contributed by atoms with Crippen molar-refractivity contribution in [3.8, 4) is 5.75 Å². The lowest BCUT2D eigenvalue weighted by Gasteiger charge is -2.13. The Morgan fingerprint density at radius 2 is 2.24 bits per heavy atom. The van der Waals surface area contributed by atoms with Gasteiger partial charge in [-0.3, -0.25) is 4.79 Å². The molecule has 0 radical (unpaired) electrons. The molecule has 0 aliphatic heterocycles. The zero-order valence-corrected chi connectivity index (χ0v) is 10.5. The molecule has 0 amide bonds. The monoisotopic (exact) mass is 283 g/mol. The first-order chi connectivity index (χ1) is 7.45. The minimum absolute atomic E-state index is 0. The number of carbonyl (C=O) groups excluding carboxylic acids is 1. The van der Waals surface area contributed by atoms with Crippen molar-refractivity contribution < 1.29 is 19.0 Å². The Kier molecular flexibility index (Phi) is 6.23. The van der Waals surface area contributed by atoms with E-state index in [9.17, 15) is 14.3 Å². The first kappa shape index (κ1) is 16.0. The zero-order valence-electron chi connectivity index (χ0n) is 8.94. The van der Waals surface area contributed by atoms with Crippen LogP contribution in [0.15, 0.2) is 12.1 Å². The third-order valence-electron chi connectivity index (χ3n) is 2.07. The van der Waals surface area contributed by atoms with Gasteiger partial charge in [-0.05, 0) is 12.1 Å². The van der Waals surface area contributed by atoms with E-state index in [1.54, 1.807) is 0 Å². The predicted molar refractivity (Wildman–Crippen MR) is 63.9 cm³/mol. The van der Waals surface area contributed by atoms with E-state index in [2.05, 4.69) is 4.74 Å². The van der Waals surface area contributed by atoms with Crippen LogP contribution in [0.5, 0.6) is 5.75 Å². The van der Waals surface area contributed by atoms with E-state index >= 15 is 0 Å². The summed E-state index contributed by atoms with van der Waals surface area (Å²) in [6.07, 6.45) is -0.163. The van der Waals surface area contributed by atoms with Crippen molar-refractivity contribution in [2.45, 2.75) is 12.5 Å². The Morgan fingerprint density at radius 1 is 1.65 bits per heavy atom. The minimum atomic E-state index is -0.872. The van der Waals surface area contributed by atoms with Gasteiger partial charge in [-0.15, -0.1) is 12.4 Å². The highest BCUT2D eigenvalue weighted by Crippen LogP contribution is 2.30. The Labute approximate surface area is 109 Å². The maximum absolute atomic E-state index is 13.1. The molecular weight excluding hydrogens is 272 g/mol. The van der Waals surface area contributed by atoms with E-state index in [-0.39, 0.29) is 29.4 Å². The number of phenols is 1. The first-order valence-electron chi connectivity index (χ1n) is 4.46. The molecule has 0 saturated heterocycles. The smallest absolute Gasteiger partial charge is 0.307 e. The average molecular weight is 284 g/mol. The van der Waals surface area contributed by atoms with Gasteiger partial charge in [0.25, 0.3) is 0 Å². The summed E-state index contributed by atoms with van der Waals surface area (Å²) >= 11 is 5.61. The van der Waals surface area contributed by atoms with Crippen LogP contribution in [0.4, 0.5) is 4.39 Å². The summed E-state index contributed by atoms with van der Waals surface area (Å²) in [5, 5.41) is 9.51. The fourth-order valence-corrected chi connectivity index (χ4v) is 1.45. The van der Waals surface area contributed by atoms with Crippen LogP contribution in [-0.4, -0.2) is 18.2 Å². The number of aromatic hydroxyl groups is 1. The highest BCUT2D eigenvalue weighted by molar-refractivity contribution is 6.30. The SMILES string of the molecule is COC(=O)C[C@@H](N)c1cc(Cl)cc(F)c1O.Cl. The third-order valence-corrected chi connectivity index (χ3v) is 2.29. The number of hydrogen-bond acceptors (Lipinski definition) is 4. The van der Waals surface area contributed by atoms with Crippen molar-refractivity contribution in [1.29, 1.82) is 0 Å². The number of carbonyl (C=O) groups is 1. The summed E-state index contributed by atoms with van der Waals surface area (Å²) < 4.78 is 17.5. The maximum atomic E-state index is 13.1. The van der Waals surface area contributed by atoms with Gasteiger partial charge in [0.2, 0.25) is 0 Å². The molecule has 0 heterocycles. The molecule has 0 aliphatic rings. The minimum Gasteiger partial charge on any atom is -0.505 e. The van der Waals surface area contributed by atoms with E-state index in [1.165, 1.54) is 13.2 Å². The second-order valence-corrected chi connectivity index (χ2v) is 3.65. The summed E-state index contributed by atoms with van der Waals surface area (Å²) in [6, 6.07) is 1.42. The topological polar surface area (TPSA) is 72.5 Å². The van der Waals surface area contributed by atoms with Crippen molar-refractivity contribution in [3.05, 3.63) is 28.5 Å². The highest BCUT2D eigenvalue weighted by Gasteiger charge is 2.18. The molecule has 0 aliphatic carbocycles. The largest absolute Gasteiger partial charge is 0.505 e. The van der Waals surface area contributed by atoms with Crippen LogP contribution in [0.25, 0.3) is 0 Å². The van der Waals surface area contributed by atoms with Crippen molar-refractivity contribution in [2.24, 2.45) is 5.73 Å². The Hall–Kier alpha value is -1.04. The molecule has 0 bridgehead atoms. The molecule has 1 rings (SSSR count). The molecule has 7 heteroatoms. The molecular formula is C10H12Cl2FNO3. The van der Waals surface area contributed by atoms with E-state index in [1.807, 2.05) is 0 Å². The third kappa shape index (κ3) is 4.03. The van der Waals surface area contributed by atoms with Gasteiger partial charge in [0.15, 0.2) is 11.6 Å². The lowest BCUT2D eigenvalue weighted by molar-refractivity contribution is -0.141. The number of halogens is 3. The number of methoxy groups -OCH3 is 1. The summed E-state index contributed by atoms with van der Waals surface area (Å²) in [5.74, 6) is -2.02. The normalized spacial score (nSPS) is 11.5. The summed E-state index contributed by atoms with van der Waals surface area (Å²) in [6.45, 7) is 0. The number of nitrogens with two attached hydrogens (primary N) is 1. The molecule has 17 heavy (non-hydrogen) atoms. The number of rotatable bonds is 3. The van der Waals surface area contributed by atoms with Gasteiger partial charge >= 0.3 is 5.97 Å². The molecule has 0 unspecified atom stereocenters. The van der Waals surface area contributed by atoms with Crippen LogP contribution in [0.1, 0.15) is 18.0 Å². The first-order valence-corrected chi connectivity index (χ1v) is 4.83. The number of phenolic OH excluding ortho intramolecular Hbond substituents is 1. The van der Waals surface area contributed by atoms with E-state index < -0.39 is 23.6 Å². The van der Waals surface area contributed by atoms with E-state index in [0.29, 0.717) is 0 Å². The van der Waals surface area contributed by atoms with Crippen LogP contribution in [0, 0.1) is 5.82 Å². The summed E-state index contributed by atoms with van der Waals surface area (Å²) in [5.41, 5.74) is 5.70. The van der Waals surface area contributed by atoms with Gasteiger partial charge in [0.1, 0.15) is 0 Å². The number of ether oxygens (including phenoxy) is 1.